The molecule has 0 spiro atoms. The molecule has 126 valence electrons. The summed E-state index contributed by atoms with van der Waals surface area (Å²) in [5.41, 5.74) is 1.29. The molecular formula is C15H18F3N3OS. The molecule has 0 bridgehead atoms. The number of ether oxygens (including phenoxy) is 1. The molecule has 8 heteroatoms. The van der Waals surface area contributed by atoms with Gasteiger partial charge < -0.3 is 10.1 Å². The summed E-state index contributed by atoms with van der Waals surface area (Å²) >= 11 is 1.69. The Balaban J connectivity index is 1.74. The molecule has 1 aliphatic rings. The predicted octanol–water partition coefficient (Wildman–Crippen LogP) is 3.95. The van der Waals surface area contributed by atoms with Crippen molar-refractivity contribution in [2.45, 2.75) is 44.8 Å². The SMILES string of the molecule is CC(COCC(F)(F)F)Nc1ncnc2sc3c(c12)CCCC3. The molecule has 0 saturated heterocycles. The van der Waals surface area contributed by atoms with E-state index in [1.165, 1.54) is 23.2 Å². The van der Waals surface area contributed by atoms with Crippen molar-refractivity contribution in [2.24, 2.45) is 0 Å². The molecule has 2 heterocycles. The molecule has 1 atom stereocenters. The van der Waals surface area contributed by atoms with E-state index in [2.05, 4.69) is 15.3 Å². The third-order valence-corrected chi connectivity index (χ3v) is 4.97. The van der Waals surface area contributed by atoms with E-state index in [4.69, 9.17) is 4.74 Å². The first kappa shape index (κ1) is 16.4. The van der Waals surface area contributed by atoms with E-state index in [0.717, 1.165) is 29.5 Å². The minimum Gasteiger partial charge on any atom is -0.370 e. The van der Waals surface area contributed by atoms with Crippen LogP contribution in [0.5, 0.6) is 0 Å². The predicted molar refractivity (Wildman–Crippen MR) is 84.0 cm³/mol. The summed E-state index contributed by atoms with van der Waals surface area (Å²) in [7, 11) is 0. The van der Waals surface area contributed by atoms with Gasteiger partial charge in [0.2, 0.25) is 0 Å². The Morgan fingerprint density at radius 1 is 1.30 bits per heavy atom. The van der Waals surface area contributed by atoms with Gasteiger partial charge in [0.05, 0.1) is 12.0 Å². The molecule has 2 aromatic heterocycles. The van der Waals surface area contributed by atoms with Gasteiger partial charge in [-0.2, -0.15) is 13.2 Å². The second-order valence-electron chi connectivity index (χ2n) is 5.79. The Labute approximate surface area is 136 Å². The maximum Gasteiger partial charge on any atom is 0.411 e. The highest BCUT2D eigenvalue weighted by atomic mass is 32.1. The quantitative estimate of drug-likeness (QED) is 0.891. The number of fused-ring (bicyclic) bond motifs is 3. The van der Waals surface area contributed by atoms with Gasteiger partial charge >= 0.3 is 6.18 Å². The number of rotatable bonds is 5. The summed E-state index contributed by atoms with van der Waals surface area (Å²) in [6.45, 7) is 0.520. The number of halogens is 3. The lowest BCUT2D eigenvalue weighted by molar-refractivity contribution is -0.174. The number of hydrogen-bond acceptors (Lipinski definition) is 5. The molecule has 23 heavy (non-hydrogen) atoms. The maximum atomic E-state index is 12.1. The number of hydrogen-bond donors (Lipinski definition) is 1. The van der Waals surface area contributed by atoms with Crippen LogP contribution in [0, 0.1) is 0 Å². The molecule has 0 aliphatic heterocycles. The number of anilines is 1. The Bertz CT molecular complexity index is 686. The van der Waals surface area contributed by atoms with E-state index in [0.29, 0.717) is 5.82 Å². The highest BCUT2D eigenvalue weighted by Crippen LogP contribution is 2.38. The van der Waals surface area contributed by atoms with Crippen molar-refractivity contribution in [3.63, 3.8) is 0 Å². The van der Waals surface area contributed by atoms with Gasteiger partial charge in [-0.05, 0) is 38.2 Å². The number of aryl methyl sites for hydroxylation is 2. The van der Waals surface area contributed by atoms with Crippen LogP contribution in [0.15, 0.2) is 6.33 Å². The number of nitrogens with one attached hydrogen (secondary N) is 1. The standard InChI is InChI=1S/C15H18F3N3OS/c1-9(6-22-7-15(16,17)18)21-13-12-10-4-2-3-5-11(10)23-14(12)20-8-19-13/h8-9H,2-7H2,1H3,(H,19,20,21). The minimum absolute atomic E-state index is 0.0304. The lowest BCUT2D eigenvalue weighted by Crippen LogP contribution is -2.26. The first-order valence-electron chi connectivity index (χ1n) is 7.60. The van der Waals surface area contributed by atoms with Gasteiger partial charge in [-0.1, -0.05) is 0 Å². The normalized spacial score (nSPS) is 16.3. The zero-order chi connectivity index (χ0) is 16.4. The Morgan fingerprint density at radius 3 is 2.87 bits per heavy atom. The van der Waals surface area contributed by atoms with Crippen LogP contribution in [-0.4, -0.2) is 35.4 Å². The van der Waals surface area contributed by atoms with E-state index in [9.17, 15) is 13.2 Å². The highest BCUT2D eigenvalue weighted by molar-refractivity contribution is 7.19. The van der Waals surface area contributed by atoms with Crippen molar-refractivity contribution in [3.8, 4) is 0 Å². The molecule has 0 radical (unpaired) electrons. The van der Waals surface area contributed by atoms with Crippen molar-refractivity contribution < 1.29 is 17.9 Å². The molecule has 4 nitrogen and oxygen atoms in total. The van der Waals surface area contributed by atoms with Crippen LogP contribution in [-0.2, 0) is 17.6 Å². The van der Waals surface area contributed by atoms with Gasteiger partial charge in [-0.3, -0.25) is 0 Å². The first-order valence-corrected chi connectivity index (χ1v) is 8.42. The third kappa shape index (κ3) is 3.92. The molecule has 3 rings (SSSR count). The van der Waals surface area contributed by atoms with E-state index in [1.807, 2.05) is 0 Å². The zero-order valence-electron chi connectivity index (χ0n) is 12.7. The molecule has 0 fully saturated rings. The van der Waals surface area contributed by atoms with Crippen molar-refractivity contribution in [3.05, 3.63) is 16.8 Å². The lowest BCUT2D eigenvalue weighted by Gasteiger charge is -2.17. The Hall–Kier alpha value is -1.41. The van der Waals surface area contributed by atoms with E-state index < -0.39 is 12.8 Å². The number of nitrogens with zero attached hydrogens (tertiary/aromatic N) is 2. The molecule has 2 aromatic rings. The number of thiophene rings is 1. The van der Waals surface area contributed by atoms with Crippen molar-refractivity contribution in [1.29, 1.82) is 0 Å². The van der Waals surface area contributed by atoms with Gasteiger partial charge in [0.25, 0.3) is 0 Å². The largest absolute Gasteiger partial charge is 0.411 e. The fraction of sp³-hybridized carbons (Fsp3) is 0.600. The molecule has 0 aromatic carbocycles. The van der Waals surface area contributed by atoms with Gasteiger partial charge in [-0.15, -0.1) is 11.3 Å². The highest BCUT2D eigenvalue weighted by Gasteiger charge is 2.27. The average Bonchev–Trinajstić information content (AvgIpc) is 2.85. The fourth-order valence-electron chi connectivity index (χ4n) is 2.83. The number of aromatic nitrogens is 2. The maximum absolute atomic E-state index is 12.1. The van der Waals surface area contributed by atoms with Crippen LogP contribution in [0.2, 0.25) is 0 Å². The molecule has 1 aliphatic carbocycles. The summed E-state index contributed by atoms with van der Waals surface area (Å²) in [5, 5.41) is 4.19. The van der Waals surface area contributed by atoms with Crippen LogP contribution in [0.1, 0.15) is 30.2 Å². The summed E-state index contributed by atoms with van der Waals surface area (Å²) in [6.07, 6.45) is 1.62. The third-order valence-electron chi connectivity index (χ3n) is 3.77. The van der Waals surface area contributed by atoms with Gasteiger partial charge in [0.1, 0.15) is 23.6 Å². The average molecular weight is 345 g/mol. The summed E-state index contributed by atoms with van der Waals surface area (Å²) in [5.74, 6) is 0.692. The number of alkyl halides is 3. The Kier molecular flexibility index (Phi) is 4.72. The lowest BCUT2D eigenvalue weighted by atomic mass is 9.97. The van der Waals surface area contributed by atoms with Crippen molar-refractivity contribution >= 4 is 27.4 Å². The summed E-state index contributed by atoms with van der Waals surface area (Å²) in [4.78, 5) is 10.9. The molecule has 0 amide bonds. The van der Waals surface area contributed by atoms with Gasteiger partial charge in [0.15, 0.2) is 0 Å². The van der Waals surface area contributed by atoms with E-state index >= 15 is 0 Å². The molecule has 1 N–H and O–H groups in total. The first-order chi connectivity index (χ1) is 10.9. The molecule has 0 saturated carbocycles. The van der Waals surface area contributed by atoms with Crippen LogP contribution in [0.3, 0.4) is 0 Å². The zero-order valence-corrected chi connectivity index (χ0v) is 13.6. The van der Waals surface area contributed by atoms with Gasteiger partial charge in [0, 0.05) is 10.9 Å². The minimum atomic E-state index is -4.30. The molecule has 1 unspecified atom stereocenters. The molecular weight excluding hydrogens is 327 g/mol. The van der Waals surface area contributed by atoms with E-state index in [-0.39, 0.29) is 12.6 Å². The fourth-order valence-corrected chi connectivity index (χ4v) is 4.06. The van der Waals surface area contributed by atoms with Gasteiger partial charge in [-0.25, -0.2) is 9.97 Å². The van der Waals surface area contributed by atoms with Crippen LogP contribution in [0.4, 0.5) is 19.0 Å². The van der Waals surface area contributed by atoms with Crippen molar-refractivity contribution in [1.82, 2.24) is 9.97 Å². The van der Waals surface area contributed by atoms with Crippen LogP contribution in [0.25, 0.3) is 10.2 Å². The topological polar surface area (TPSA) is 47.0 Å². The second kappa shape index (κ2) is 6.60. The second-order valence-corrected chi connectivity index (χ2v) is 6.87. The van der Waals surface area contributed by atoms with Crippen molar-refractivity contribution in [2.75, 3.05) is 18.5 Å². The summed E-state index contributed by atoms with van der Waals surface area (Å²) in [6, 6.07) is -0.269. The van der Waals surface area contributed by atoms with E-state index in [1.54, 1.807) is 18.3 Å². The monoisotopic (exact) mass is 345 g/mol. The van der Waals surface area contributed by atoms with Crippen LogP contribution >= 0.6 is 11.3 Å². The Morgan fingerprint density at radius 2 is 2.09 bits per heavy atom. The smallest absolute Gasteiger partial charge is 0.370 e. The van der Waals surface area contributed by atoms with Crippen LogP contribution < -0.4 is 5.32 Å². The summed E-state index contributed by atoms with van der Waals surface area (Å²) < 4.78 is 41.1.